The molecule has 2 unspecified atom stereocenters. The Morgan fingerprint density at radius 3 is 2.83 bits per heavy atom. The smallest absolute Gasteiger partial charge is 0.140 e. The summed E-state index contributed by atoms with van der Waals surface area (Å²) < 4.78 is 14.8. The first-order chi connectivity index (χ1) is 8.44. The van der Waals surface area contributed by atoms with Gasteiger partial charge in [0.25, 0.3) is 0 Å². The Bertz CT molecular complexity index is 431. The standard InChI is InChI=1S/C15H21BrFN/c1-15(2)7-6-10(9-18)12(8-15)11-4-3-5-13(16)14(11)17/h3-5,10,12H,6-9,18H2,1-2H3. The van der Waals surface area contributed by atoms with Crippen molar-refractivity contribution in [2.45, 2.75) is 39.0 Å². The molecule has 2 N–H and O–H groups in total. The van der Waals surface area contributed by atoms with E-state index in [1.807, 2.05) is 12.1 Å². The number of nitrogens with two attached hydrogens (primary N) is 1. The fraction of sp³-hybridized carbons (Fsp3) is 0.600. The van der Waals surface area contributed by atoms with Crippen molar-refractivity contribution >= 4 is 15.9 Å². The van der Waals surface area contributed by atoms with Crippen LogP contribution in [0.5, 0.6) is 0 Å². The van der Waals surface area contributed by atoms with Crippen LogP contribution >= 0.6 is 15.9 Å². The van der Waals surface area contributed by atoms with Crippen LogP contribution in [0.25, 0.3) is 0 Å². The predicted octanol–water partition coefficient (Wildman–Crippen LogP) is 4.46. The van der Waals surface area contributed by atoms with Crippen molar-refractivity contribution in [2.75, 3.05) is 6.54 Å². The maximum absolute atomic E-state index is 14.3. The first-order valence-electron chi connectivity index (χ1n) is 6.58. The Morgan fingerprint density at radius 1 is 1.44 bits per heavy atom. The van der Waals surface area contributed by atoms with E-state index in [0.717, 1.165) is 18.4 Å². The van der Waals surface area contributed by atoms with Crippen LogP contribution in [0.4, 0.5) is 4.39 Å². The van der Waals surface area contributed by atoms with Crippen LogP contribution in [-0.4, -0.2) is 6.54 Å². The van der Waals surface area contributed by atoms with Crippen LogP contribution in [0.3, 0.4) is 0 Å². The van der Waals surface area contributed by atoms with Gasteiger partial charge in [-0.05, 0) is 70.6 Å². The van der Waals surface area contributed by atoms with Crippen molar-refractivity contribution in [1.82, 2.24) is 0 Å². The minimum absolute atomic E-state index is 0.112. The Labute approximate surface area is 117 Å². The molecule has 0 spiro atoms. The molecule has 0 heterocycles. The highest BCUT2D eigenvalue weighted by atomic mass is 79.9. The van der Waals surface area contributed by atoms with Gasteiger partial charge in [0, 0.05) is 0 Å². The van der Waals surface area contributed by atoms with Crippen molar-refractivity contribution in [3.8, 4) is 0 Å². The summed E-state index contributed by atoms with van der Waals surface area (Å²) in [5, 5.41) is 0. The molecular formula is C15H21BrFN. The normalized spacial score (nSPS) is 27.2. The zero-order valence-electron chi connectivity index (χ0n) is 11.0. The van der Waals surface area contributed by atoms with Crippen molar-refractivity contribution < 1.29 is 4.39 Å². The molecule has 1 aromatic rings. The molecule has 1 aromatic carbocycles. The Morgan fingerprint density at radius 2 is 2.17 bits per heavy atom. The first kappa shape index (κ1) is 14.0. The SMILES string of the molecule is CC1(C)CCC(CN)C(c2cccc(Br)c2F)C1. The van der Waals surface area contributed by atoms with Crippen LogP contribution in [0.1, 0.15) is 44.6 Å². The van der Waals surface area contributed by atoms with Gasteiger partial charge >= 0.3 is 0 Å². The molecule has 1 aliphatic carbocycles. The molecule has 100 valence electrons. The van der Waals surface area contributed by atoms with E-state index in [4.69, 9.17) is 5.73 Å². The van der Waals surface area contributed by atoms with E-state index in [2.05, 4.69) is 29.8 Å². The van der Waals surface area contributed by atoms with E-state index in [1.165, 1.54) is 6.42 Å². The second kappa shape index (κ2) is 5.30. The van der Waals surface area contributed by atoms with Crippen LogP contribution in [0.2, 0.25) is 0 Å². The molecule has 0 amide bonds. The summed E-state index contributed by atoms with van der Waals surface area (Å²) in [5.41, 5.74) is 6.98. The average molecular weight is 314 g/mol. The fourth-order valence-corrected chi connectivity index (χ4v) is 3.48. The monoisotopic (exact) mass is 313 g/mol. The van der Waals surface area contributed by atoms with Gasteiger partial charge in [-0.1, -0.05) is 26.0 Å². The predicted molar refractivity (Wildman–Crippen MR) is 77.0 cm³/mol. The number of rotatable bonds is 2. The molecule has 0 aromatic heterocycles. The van der Waals surface area contributed by atoms with Crippen molar-refractivity contribution in [3.05, 3.63) is 34.1 Å². The summed E-state index contributed by atoms with van der Waals surface area (Å²) in [5.74, 6) is 0.539. The highest BCUT2D eigenvalue weighted by molar-refractivity contribution is 9.10. The summed E-state index contributed by atoms with van der Waals surface area (Å²) in [6.07, 6.45) is 3.29. The third-order valence-electron chi connectivity index (χ3n) is 4.22. The number of benzene rings is 1. The van der Waals surface area contributed by atoms with Gasteiger partial charge in [-0.2, -0.15) is 0 Å². The number of halogens is 2. The van der Waals surface area contributed by atoms with Crippen molar-refractivity contribution in [1.29, 1.82) is 0 Å². The Hall–Kier alpha value is -0.410. The van der Waals surface area contributed by atoms with Crippen molar-refractivity contribution in [3.63, 3.8) is 0 Å². The van der Waals surface area contributed by atoms with Gasteiger partial charge in [0.2, 0.25) is 0 Å². The average Bonchev–Trinajstić information content (AvgIpc) is 2.32. The van der Waals surface area contributed by atoms with E-state index in [1.54, 1.807) is 6.07 Å². The van der Waals surface area contributed by atoms with E-state index in [0.29, 0.717) is 16.9 Å². The van der Waals surface area contributed by atoms with Crippen LogP contribution in [0, 0.1) is 17.2 Å². The zero-order valence-corrected chi connectivity index (χ0v) is 12.6. The van der Waals surface area contributed by atoms with Gasteiger partial charge < -0.3 is 5.73 Å². The van der Waals surface area contributed by atoms with Gasteiger partial charge in [-0.3, -0.25) is 0 Å². The van der Waals surface area contributed by atoms with E-state index in [-0.39, 0.29) is 17.2 Å². The Balaban J connectivity index is 2.36. The van der Waals surface area contributed by atoms with Crippen LogP contribution < -0.4 is 5.73 Å². The molecule has 0 radical (unpaired) electrons. The molecule has 0 bridgehead atoms. The molecule has 1 nitrogen and oxygen atoms in total. The highest BCUT2D eigenvalue weighted by Gasteiger charge is 2.36. The molecule has 0 aliphatic heterocycles. The van der Waals surface area contributed by atoms with Gasteiger partial charge in [-0.15, -0.1) is 0 Å². The molecule has 1 aliphatic rings. The second-order valence-corrected chi connectivity index (χ2v) is 7.01. The lowest BCUT2D eigenvalue weighted by Gasteiger charge is -2.41. The first-order valence-corrected chi connectivity index (χ1v) is 7.38. The fourth-order valence-electron chi connectivity index (χ4n) is 3.09. The third-order valence-corrected chi connectivity index (χ3v) is 4.83. The largest absolute Gasteiger partial charge is 0.330 e. The van der Waals surface area contributed by atoms with Gasteiger partial charge in [0.15, 0.2) is 0 Å². The lowest BCUT2D eigenvalue weighted by atomic mass is 9.65. The quantitative estimate of drug-likeness (QED) is 0.857. The molecular weight excluding hydrogens is 293 g/mol. The number of hydrogen-bond donors (Lipinski definition) is 1. The highest BCUT2D eigenvalue weighted by Crippen LogP contribution is 2.47. The van der Waals surface area contributed by atoms with Crippen LogP contribution in [0.15, 0.2) is 22.7 Å². The summed E-state index contributed by atoms with van der Waals surface area (Å²) in [6, 6.07) is 5.58. The van der Waals surface area contributed by atoms with Crippen molar-refractivity contribution in [2.24, 2.45) is 17.1 Å². The maximum atomic E-state index is 14.3. The van der Waals surface area contributed by atoms with Gasteiger partial charge in [0.1, 0.15) is 5.82 Å². The molecule has 0 saturated heterocycles. The molecule has 1 saturated carbocycles. The minimum atomic E-state index is -0.112. The summed E-state index contributed by atoms with van der Waals surface area (Å²) >= 11 is 3.28. The topological polar surface area (TPSA) is 26.0 Å². The lowest BCUT2D eigenvalue weighted by Crippen LogP contribution is -2.33. The summed E-state index contributed by atoms with van der Waals surface area (Å²) in [4.78, 5) is 0. The minimum Gasteiger partial charge on any atom is -0.330 e. The van der Waals surface area contributed by atoms with E-state index >= 15 is 0 Å². The summed E-state index contributed by atoms with van der Waals surface area (Å²) in [6.45, 7) is 5.18. The van der Waals surface area contributed by atoms with Crippen LogP contribution in [-0.2, 0) is 0 Å². The number of hydrogen-bond acceptors (Lipinski definition) is 1. The molecule has 1 fully saturated rings. The Kier molecular flexibility index (Phi) is 4.12. The molecule has 2 rings (SSSR count). The zero-order chi connectivity index (χ0) is 13.3. The van der Waals surface area contributed by atoms with E-state index in [9.17, 15) is 4.39 Å². The lowest BCUT2D eigenvalue weighted by molar-refractivity contribution is 0.163. The van der Waals surface area contributed by atoms with Gasteiger partial charge in [0.05, 0.1) is 4.47 Å². The van der Waals surface area contributed by atoms with E-state index < -0.39 is 0 Å². The van der Waals surface area contributed by atoms with Gasteiger partial charge in [-0.25, -0.2) is 4.39 Å². The summed E-state index contributed by atoms with van der Waals surface area (Å²) in [7, 11) is 0. The maximum Gasteiger partial charge on any atom is 0.140 e. The third kappa shape index (κ3) is 2.77. The second-order valence-electron chi connectivity index (χ2n) is 6.15. The molecule has 2 atom stereocenters. The molecule has 3 heteroatoms. The molecule has 18 heavy (non-hydrogen) atoms.